The number of amides is 3. The quantitative estimate of drug-likeness (QED) is 0.777. The highest BCUT2D eigenvalue weighted by Crippen LogP contribution is 2.32. The number of carbonyl (C=O) groups is 3. The third kappa shape index (κ3) is 4.07. The van der Waals surface area contributed by atoms with Crippen molar-refractivity contribution in [1.82, 2.24) is 15.1 Å². The Hall–Kier alpha value is -2.61. The topological polar surface area (TPSA) is 91.0 Å². The maximum atomic E-state index is 13.3. The summed E-state index contributed by atoms with van der Waals surface area (Å²) in [6, 6.07) is 5.92. The molecule has 1 aromatic rings. The number of hydrogen-bond donors (Lipinski definition) is 2. The van der Waals surface area contributed by atoms with E-state index < -0.39 is 5.60 Å². The van der Waals surface area contributed by atoms with Gasteiger partial charge in [-0.05, 0) is 30.9 Å². The molecule has 2 fully saturated rings. The van der Waals surface area contributed by atoms with E-state index in [0.29, 0.717) is 39.2 Å². The molecule has 0 saturated carbocycles. The first-order chi connectivity index (χ1) is 14.0. The lowest BCUT2D eigenvalue weighted by molar-refractivity contribution is -0.134. The molecule has 0 radical (unpaired) electrons. The van der Waals surface area contributed by atoms with Gasteiger partial charge in [-0.15, -0.1) is 0 Å². The summed E-state index contributed by atoms with van der Waals surface area (Å²) in [5, 5.41) is 5.94. The first-order valence-corrected chi connectivity index (χ1v) is 10.3. The predicted octanol–water partition coefficient (Wildman–Crippen LogP) is 0.624. The molecule has 2 N–H and O–H groups in total. The van der Waals surface area contributed by atoms with Crippen molar-refractivity contribution in [1.29, 1.82) is 0 Å². The van der Waals surface area contributed by atoms with Crippen LogP contribution in [0.1, 0.15) is 35.7 Å². The fourth-order valence-corrected chi connectivity index (χ4v) is 4.49. The Kier molecular flexibility index (Phi) is 5.45. The molecule has 0 bridgehead atoms. The molecule has 0 aromatic heterocycles. The lowest BCUT2D eigenvalue weighted by Gasteiger charge is -2.40. The Balaban J connectivity index is 1.44. The van der Waals surface area contributed by atoms with E-state index in [4.69, 9.17) is 4.74 Å². The summed E-state index contributed by atoms with van der Waals surface area (Å²) in [5.74, 6) is -0.329. The highest BCUT2D eigenvalue weighted by atomic mass is 16.5. The summed E-state index contributed by atoms with van der Waals surface area (Å²) in [7, 11) is 0. The van der Waals surface area contributed by atoms with Gasteiger partial charge >= 0.3 is 0 Å². The van der Waals surface area contributed by atoms with Crippen molar-refractivity contribution in [3.05, 3.63) is 29.3 Å². The van der Waals surface area contributed by atoms with E-state index in [1.165, 1.54) is 12.5 Å². The predicted molar refractivity (Wildman–Crippen MR) is 108 cm³/mol. The summed E-state index contributed by atoms with van der Waals surface area (Å²) in [6.45, 7) is 4.77. The first kappa shape index (κ1) is 19.7. The average Bonchev–Trinajstić information content (AvgIpc) is 3.14. The van der Waals surface area contributed by atoms with Crippen LogP contribution in [-0.4, -0.2) is 79.0 Å². The largest absolute Gasteiger partial charge is 0.384 e. The Labute approximate surface area is 170 Å². The van der Waals surface area contributed by atoms with Crippen LogP contribution in [0.4, 0.5) is 5.69 Å². The number of nitrogens with one attached hydrogen (secondary N) is 2. The van der Waals surface area contributed by atoms with Crippen LogP contribution in [0.25, 0.3) is 0 Å². The van der Waals surface area contributed by atoms with E-state index in [2.05, 4.69) is 16.7 Å². The van der Waals surface area contributed by atoms with E-state index in [-0.39, 0.29) is 24.3 Å². The summed E-state index contributed by atoms with van der Waals surface area (Å²) in [4.78, 5) is 40.3. The molecular formula is C21H28N4O4. The second-order valence-electron chi connectivity index (χ2n) is 8.10. The number of para-hydroxylation sites is 1. The molecule has 156 valence electrons. The van der Waals surface area contributed by atoms with Crippen molar-refractivity contribution >= 4 is 23.4 Å². The summed E-state index contributed by atoms with van der Waals surface area (Å²) < 4.78 is 6.07. The summed E-state index contributed by atoms with van der Waals surface area (Å²) in [6.07, 6.45) is 2.75. The maximum absolute atomic E-state index is 13.3. The zero-order valence-electron chi connectivity index (χ0n) is 16.8. The molecule has 2 saturated heterocycles. The van der Waals surface area contributed by atoms with Crippen LogP contribution in [0.2, 0.25) is 0 Å². The van der Waals surface area contributed by atoms with Crippen LogP contribution in [-0.2, 0) is 20.7 Å². The summed E-state index contributed by atoms with van der Waals surface area (Å²) >= 11 is 0. The van der Waals surface area contributed by atoms with E-state index in [0.717, 1.165) is 30.6 Å². The molecule has 8 nitrogen and oxygen atoms in total. The smallest absolute Gasteiger partial charge is 0.256 e. The third-order valence-corrected chi connectivity index (χ3v) is 6.00. The second-order valence-corrected chi connectivity index (χ2v) is 8.10. The van der Waals surface area contributed by atoms with Crippen LogP contribution >= 0.6 is 0 Å². The molecule has 1 spiro atoms. The number of benzene rings is 1. The summed E-state index contributed by atoms with van der Waals surface area (Å²) in [5.41, 5.74) is 2.35. The van der Waals surface area contributed by atoms with Crippen LogP contribution in [0.15, 0.2) is 18.2 Å². The van der Waals surface area contributed by atoms with Gasteiger partial charge in [0, 0.05) is 26.6 Å². The first-order valence-electron chi connectivity index (χ1n) is 10.3. The number of nitrogens with zero attached hydrogens (tertiary/aromatic N) is 2. The molecule has 0 aliphatic carbocycles. The molecule has 3 aliphatic rings. The standard InChI is InChI=1S/C21H28N4O4/c1-15(26)23-12-18(27)24-9-7-21(13-24)14-25(10-11-29-21)20(28)17-6-2-4-16-5-3-8-22-19(16)17/h2,4,6,22H,3,5,7-14H2,1H3,(H,23,26). The molecule has 3 aliphatic heterocycles. The normalized spacial score (nSPS) is 23.5. The minimum atomic E-state index is -0.526. The molecule has 3 amide bonds. The van der Waals surface area contributed by atoms with Crippen LogP contribution in [0, 0.1) is 0 Å². The van der Waals surface area contributed by atoms with Crippen LogP contribution < -0.4 is 10.6 Å². The molecule has 1 atom stereocenters. The zero-order valence-corrected chi connectivity index (χ0v) is 16.8. The highest BCUT2D eigenvalue weighted by molar-refractivity contribution is 6.00. The lowest BCUT2D eigenvalue weighted by atomic mass is 9.97. The van der Waals surface area contributed by atoms with E-state index >= 15 is 0 Å². The van der Waals surface area contributed by atoms with Crippen molar-refractivity contribution in [2.24, 2.45) is 0 Å². The molecule has 29 heavy (non-hydrogen) atoms. The average molecular weight is 400 g/mol. The zero-order chi connectivity index (χ0) is 20.4. The monoisotopic (exact) mass is 400 g/mol. The van der Waals surface area contributed by atoms with Gasteiger partial charge in [0.1, 0.15) is 5.60 Å². The number of aryl methyl sites for hydroxylation is 1. The molecule has 4 rings (SSSR count). The van der Waals surface area contributed by atoms with Crippen molar-refractivity contribution in [2.75, 3.05) is 51.2 Å². The van der Waals surface area contributed by atoms with Crippen LogP contribution in [0.3, 0.4) is 0 Å². The molecule has 8 heteroatoms. The molecule has 1 unspecified atom stereocenters. The minimum Gasteiger partial charge on any atom is -0.384 e. The fourth-order valence-electron chi connectivity index (χ4n) is 4.49. The lowest BCUT2D eigenvalue weighted by Crippen LogP contribution is -2.55. The van der Waals surface area contributed by atoms with Gasteiger partial charge in [-0.25, -0.2) is 0 Å². The minimum absolute atomic E-state index is 0.00409. The van der Waals surface area contributed by atoms with Gasteiger partial charge in [0.15, 0.2) is 0 Å². The van der Waals surface area contributed by atoms with Crippen molar-refractivity contribution in [2.45, 2.75) is 31.8 Å². The van der Waals surface area contributed by atoms with Gasteiger partial charge in [0.2, 0.25) is 11.8 Å². The number of ether oxygens (including phenoxy) is 1. The fraction of sp³-hybridized carbons (Fsp3) is 0.571. The second kappa shape index (κ2) is 8.02. The number of fused-ring (bicyclic) bond motifs is 1. The van der Waals surface area contributed by atoms with Gasteiger partial charge in [-0.3, -0.25) is 14.4 Å². The SMILES string of the molecule is CC(=O)NCC(=O)N1CCC2(C1)CN(C(=O)c1cccc3c1NCCC3)CCO2. The van der Waals surface area contributed by atoms with Gasteiger partial charge < -0.3 is 25.2 Å². The number of anilines is 1. The van der Waals surface area contributed by atoms with E-state index in [1.54, 1.807) is 4.90 Å². The number of hydrogen-bond acceptors (Lipinski definition) is 5. The van der Waals surface area contributed by atoms with Gasteiger partial charge in [0.05, 0.1) is 37.5 Å². The third-order valence-electron chi connectivity index (χ3n) is 6.00. The van der Waals surface area contributed by atoms with E-state index in [1.807, 2.05) is 17.0 Å². The Morgan fingerprint density at radius 2 is 2.03 bits per heavy atom. The Morgan fingerprint density at radius 1 is 1.21 bits per heavy atom. The van der Waals surface area contributed by atoms with Gasteiger partial charge in [-0.2, -0.15) is 0 Å². The number of morpholine rings is 1. The van der Waals surface area contributed by atoms with Crippen LogP contribution in [0.5, 0.6) is 0 Å². The molecular weight excluding hydrogens is 372 g/mol. The Morgan fingerprint density at radius 3 is 2.86 bits per heavy atom. The number of likely N-dealkylation sites (tertiary alicyclic amines) is 1. The van der Waals surface area contributed by atoms with Crippen molar-refractivity contribution < 1.29 is 19.1 Å². The van der Waals surface area contributed by atoms with Gasteiger partial charge in [0.25, 0.3) is 5.91 Å². The maximum Gasteiger partial charge on any atom is 0.256 e. The number of carbonyl (C=O) groups excluding carboxylic acids is 3. The van der Waals surface area contributed by atoms with Gasteiger partial charge in [-0.1, -0.05) is 12.1 Å². The number of rotatable bonds is 3. The van der Waals surface area contributed by atoms with Crippen molar-refractivity contribution in [3.8, 4) is 0 Å². The van der Waals surface area contributed by atoms with Crippen molar-refractivity contribution in [3.63, 3.8) is 0 Å². The van der Waals surface area contributed by atoms with E-state index in [9.17, 15) is 14.4 Å². The molecule has 1 aromatic carbocycles. The Bertz CT molecular complexity index is 827. The molecule has 3 heterocycles. The highest BCUT2D eigenvalue weighted by Gasteiger charge is 2.45.